The van der Waals surface area contributed by atoms with Gasteiger partial charge in [0.1, 0.15) is 5.82 Å². The molecule has 0 spiro atoms. The second kappa shape index (κ2) is 11.3. The van der Waals surface area contributed by atoms with Gasteiger partial charge in [0.2, 0.25) is 11.8 Å². The molecule has 0 fully saturated rings. The number of nitrogens with zero attached hydrogens (tertiary/aromatic N) is 3. The van der Waals surface area contributed by atoms with Gasteiger partial charge < -0.3 is 10.2 Å². The zero-order valence-corrected chi connectivity index (χ0v) is 20.5. The van der Waals surface area contributed by atoms with E-state index in [9.17, 15) is 9.59 Å². The van der Waals surface area contributed by atoms with Crippen LogP contribution in [0.25, 0.3) is 16.9 Å². The first-order valence-electron chi connectivity index (χ1n) is 11.0. The summed E-state index contributed by atoms with van der Waals surface area (Å²) in [5.74, 6) is 0.417. The van der Waals surface area contributed by atoms with Gasteiger partial charge in [0.15, 0.2) is 0 Å². The van der Waals surface area contributed by atoms with Crippen molar-refractivity contribution in [2.24, 2.45) is 5.92 Å². The van der Waals surface area contributed by atoms with E-state index in [1.54, 1.807) is 33.8 Å². The molecule has 2 amide bonds. The summed E-state index contributed by atoms with van der Waals surface area (Å²) in [4.78, 5) is 27.1. The van der Waals surface area contributed by atoms with Gasteiger partial charge in [0.05, 0.1) is 28.0 Å². The van der Waals surface area contributed by atoms with Gasteiger partial charge in [-0.05, 0) is 30.5 Å². The van der Waals surface area contributed by atoms with E-state index in [2.05, 4.69) is 10.4 Å². The molecule has 1 aromatic heterocycles. The maximum absolute atomic E-state index is 13.0. The van der Waals surface area contributed by atoms with Gasteiger partial charge in [-0.1, -0.05) is 74.3 Å². The van der Waals surface area contributed by atoms with E-state index in [1.165, 1.54) is 0 Å². The first-order chi connectivity index (χ1) is 15.8. The number of anilines is 1. The lowest BCUT2D eigenvalue weighted by molar-refractivity contribution is -0.135. The Kier molecular flexibility index (Phi) is 8.53. The molecule has 6 nitrogen and oxygen atoms in total. The number of nitrogens with one attached hydrogen (secondary N) is 1. The Morgan fingerprint density at radius 3 is 2.42 bits per heavy atom. The molecule has 0 radical (unpaired) electrons. The largest absolute Gasteiger partial charge is 0.333 e. The van der Waals surface area contributed by atoms with E-state index in [1.807, 2.05) is 51.1 Å². The molecule has 1 heterocycles. The third-order valence-corrected chi connectivity index (χ3v) is 5.67. The lowest BCUT2D eigenvalue weighted by Crippen LogP contribution is -2.40. The Morgan fingerprint density at radius 2 is 1.79 bits per heavy atom. The third-order valence-electron chi connectivity index (χ3n) is 4.93. The predicted octanol–water partition coefficient (Wildman–Crippen LogP) is 6.07. The first-order valence-corrected chi connectivity index (χ1v) is 11.7. The van der Waals surface area contributed by atoms with Gasteiger partial charge in [-0.15, -0.1) is 0 Å². The number of rotatable bonds is 9. The molecule has 3 aromatic rings. The summed E-state index contributed by atoms with van der Waals surface area (Å²) in [7, 11) is 0. The number of amides is 2. The number of carbonyl (C=O) groups is 2. The van der Waals surface area contributed by atoms with Crippen molar-refractivity contribution < 1.29 is 9.59 Å². The highest BCUT2D eigenvalue weighted by atomic mass is 35.5. The molecule has 0 unspecified atom stereocenters. The second-order valence-electron chi connectivity index (χ2n) is 8.26. The van der Waals surface area contributed by atoms with Crippen LogP contribution in [0.1, 0.15) is 33.6 Å². The molecule has 1 N–H and O–H groups in total. The summed E-state index contributed by atoms with van der Waals surface area (Å²) in [6.45, 7) is 6.50. The normalized spacial score (nSPS) is 11.0. The molecule has 2 aromatic carbocycles. The fraction of sp³-hybridized carbons (Fsp3) is 0.320. The standard InChI is InChI=1S/C25H28Cl2N4O2/c1-4-8-25(33)30(15-17(2)3)16-24(32)28-23-14-22(18-9-6-5-7-10-18)29-31(23)19-11-12-20(26)21(27)13-19/h5-7,9-14,17H,4,8,15-16H2,1-3H3,(H,28,32). The van der Waals surface area contributed by atoms with E-state index < -0.39 is 0 Å². The van der Waals surface area contributed by atoms with Crippen LogP contribution < -0.4 is 5.32 Å². The van der Waals surface area contributed by atoms with Crippen LogP contribution in [-0.4, -0.2) is 39.6 Å². The van der Waals surface area contributed by atoms with Crippen LogP contribution in [0.3, 0.4) is 0 Å². The third kappa shape index (κ3) is 6.59. The molecule has 3 rings (SSSR count). The smallest absolute Gasteiger partial charge is 0.245 e. The van der Waals surface area contributed by atoms with Crippen molar-refractivity contribution in [3.8, 4) is 16.9 Å². The van der Waals surface area contributed by atoms with Gasteiger partial charge in [0.25, 0.3) is 0 Å². The number of halogens is 2. The minimum absolute atomic E-state index is 0.0236. The molecular weight excluding hydrogens is 459 g/mol. The lowest BCUT2D eigenvalue weighted by atomic mass is 10.1. The predicted molar refractivity (Wildman–Crippen MR) is 134 cm³/mol. The monoisotopic (exact) mass is 486 g/mol. The maximum atomic E-state index is 13.0. The van der Waals surface area contributed by atoms with Crippen molar-refractivity contribution in [3.05, 3.63) is 64.6 Å². The fourth-order valence-corrected chi connectivity index (χ4v) is 3.75. The van der Waals surface area contributed by atoms with Crippen molar-refractivity contribution in [2.75, 3.05) is 18.4 Å². The fourth-order valence-electron chi connectivity index (χ4n) is 3.46. The van der Waals surface area contributed by atoms with E-state index in [-0.39, 0.29) is 24.3 Å². The van der Waals surface area contributed by atoms with Crippen molar-refractivity contribution in [1.82, 2.24) is 14.7 Å². The van der Waals surface area contributed by atoms with Crippen LogP contribution in [0.4, 0.5) is 5.82 Å². The number of hydrogen-bond acceptors (Lipinski definition) is 3. The molecule has 0 saturated heterocycles. The van der Waals surface area contributed by atoms with E-state index >= 15 is 0 Å². The van der Waals surface area contributed by atoms with Crippen LogP contribution in [0.15, 0.2) is 54.6 Å². The Balaban J connectivity index is 1.91. The lowest BCUT2D eigenvalue weighted by Gasteiger charge is -2.24. The Morgan fingerprint density at radius 1 is 1.06 bits per heavy atom. The quantitative estimate of drug-likeness (QED) is 0.399. The molecule has 8 heteroatoms. The summed E-state index contributed by atoms with van der Waals surface area (Å²) in [6.07, 6.45) is 1.15. The summed E-state index contributed by atoms with van der Waals surface area (Å²) in [6, 6.07) is 16.6. The van der Waals surface area contributed by atoms with Crippen LogP contribution >= 0.6 is 23.2 Å². The molecular formula is C25H28Cl2N4O2. The summed E-state index contributed by atoms with van der Waals surface area (Å²) < 4.78 is 1.61. The molecule has 0 saturated carbocycles. The molecule has 0 aliphatic carbocycles. The number of benzene rings is 2. The highest BCUT2D eigenvalue weighted by Crippen LogP contribution is 2.29. The number of hydrogen-bond donors (Lipinski definition) is 1. The van der Waals surface area contributed by atoms with E-state index in [0.29, 0.717) is 40.2 Å². The maximum Gasteiger partial charge on any atom is 0.245 e. The zero-order chi connectivity index (χ0) is 24.0. The molecule has 0 aliphatic rings. The molecule has 0 bridgehead atoms. The molecule has 0 aliphatic heterocycles. The summed E-state index contributed by atoms with van der Waals surface area (Å²) in [5, 5.41) is 8.43. The average Bonchev–Trinajstić information content (AvgIpc) is 3.19. The Bertz CT molecular complexity index is 1110. The Labute approximate surface area is 204 Å². The van der Waals surface area contributed by atoms with Gasteiger partial charge in [-0.3, -0.25) is 9.59 Å². The first kappa shape index (κ1) is 24.8. The molecule has 33 heavy (non-hydrogen) atoms. The minimum Gasteiger partial charge on any atom is -0.333 e. The highest BCUT2D eigenvalue weighted by Gasteiger charge is 2.20. The van der Waals surface area contributed by atoms with Crippen molar-refractivity contribution in [1.29, 1.82) is 0 Å². The van der Waals surface area contributed by atoms with Crippen molar-refractivity contribution >= 4 is 40.8 Å². The summed E-state index contributed by atoms with van der Waals surface area (Å²) >= 11 is 12.3. The van der Waals surface area contributed by atoms with Gasteiger partial charge >= 0.3 is 0 Å². The molecule has 174 valence electrons. The van der Waals surface area contributed by atoms with Crippen LogP contribution in [-0.2, 0) is 9.59 Å². The van der Waals surface area contributed by atoms with Gasteiger partial charge in [-0.25, -0.2) is 4.68 Å². The highest BCUT2D eigenvalue weighted by molar-refractivity contribution is 6.42. The summed E-state index contributed by atoms with van der Waals surface area (Å²) in [5.41, 5.74) is 2.26. The van der Waals surface area contributed by atoms with E-state index in [0.717, 1.165) is 12.0 Å². The van der Waals surface area contributed by atoms with E-state index in [4.69, 9.17) is 23.2 Å². The topological polar surface area (TPSA) is 67.2 Å². The van der Waals surface area contributed by atoms with Crippen LogP contribution in [0.5, 0.6) is 0 Å². The van der Waals surface area contributed by atoms with Gasteiger partial charge in [0, 0.05) is 24.6 Å². The number of aromatic nitrogens is 2. The van der Waals surface area contributed by atoms with Crippen LogP contribution in [0.2, 0.25) is 10.0 Å². The second-order valence-corrected chi connectivity index (χ2v) is 9.07. The molecule has 0 atom stereocenters. The Hall–Kier alpha value is -2.83. The number of carbonyl (C=O) groups excluding carboxylic acids is 2. The zero-order valence-electron chi connectivity index (χ0n) is 19.0. The van der Waals surface area contributed by atoms with Crippen molar-refractivity contribution in [2.45, 2.75) is 33.6 Å². The van der Waals surface area contributed by atoms with Crippen molar-refractivity contribution in [3.63, 3.8) is 0 Å². The SMILES string of the molecule is CCCC(=O)N(CC(=O)Nc1cc(-c2ccccc2)nn1-c1ccc(Cl)c(Cl)c1)CC(C)C. The van der Waals surface area contributed by atoms with Gasteiger partial charge in [-0.2, -0.15) is 5.10 Å². The minimum atomic E-state index is -0.291. The average molecular weight is 487 g/mol. The van der Waals surface area contributed by atoms with Crippen LogP contribution in [0, 0.1) is 5.92 Å².